The molecular formula is C10H23NO3S. The zero-order valence-corrected chi connectivity index (χ0v) is 10.7. The minimum absolute atomic E-state index is 0.106. The van der Waals surface area contributed by atoms with Gasteiger partial charge in [-0.2, -0.15) is 0 Å². The van der Waals surface area contributed by atoms with Crippen LogP contribution in [0.2, 0.25) is 0 Å². The van der Waals surface area contributed by atoms with Crippen molar-refractivity contribution in [2.24, 2.45) is 11.8 Å². The molecule has 0 saturated heterocycles. The standard InChI is InChI=1S/C10H23NO3S/c1-9(2)5-7-15(13,14)11-8-10(3)4-6-12/h9-12H,4-8H2,1-3H3. The first-order valence-electron chi connectivity index (χ1n) is 5.45. The highest BCUT2D eigenvalue weighted by Gasteiger charge is 2.12. The molecule has 92 valence electrons. The molecule has 0 radical (unpaired) electrons. The van der Waals surface area contributed by atoms with Crippen LogP contribution in [0, 0.1) is 11.8 Å². The third-order valence-corrected chi connectivity index (χ3v) is 3.62. The summed E-state index contributed by atoms with van der Waals surface area (Å²) in [5, 5.41) is 8.67. The Balaban J connectivity index is 3.83. The number of sulfonamides is 1. The maximum absolute atomic E-state index is 11.5. The van der Waals surface area contributed by atoms with Crippen LogP contribution in [0.5, 0.6) is 0 Å². The highest BCUT2D eigenvalue weighted by molar-refractivity contribution is 7.89. The quantitative estimate of drug-likeness (QED) is 0.661. The molecule has 0 rings (SSSR count). The third kappa shape index (κ3) is 8.84. The second kappa shape index (κ2) is 7.19. The Morgan fingerprint density at radius 3 is 2.27 bits per heavy atom. The van der Waals surface area contributed by atoms with Crippen molar-refractivity contribution >= 4 is 10.0 Å². The van der Waals surface area contributed by atoms with Crippen LogP contribution in [0.15, 0.2) is 0 Å². The first-order valence-corrected chi connectivity index (χ1v) is 7.10. The van der Waals surface area contributed by atoms with Crippen LogP contribution in [0.3, 0.4) is 0 Å². The minimum Gasteiger partial charge on any atom is -0.396 e. The second-order valence-electron chi connectivity index (χ2n) is 4.47. The summed E-state index contributed by atoms with van der Waals surface area (Å²) in [6.07, 6.45) is 1.32. The molecule has 0 fully saturated rings. The molecule has 15 heavy (non-hydrogen) atoms. The van der Waals surface area contributed by atoms with Crippen molar-refractivity contribution in [2.45, 2.75) is 33.6 Å². The van der Waals surface area contributed by atoms with Gasteiger partial charge < -0.3 is 5.11 Å². The Bertz CT molecular complexity index is 249. The first-order chi connectivity index (χ1) is 6.87. The molecule has 0 spiro atoms. The number of hydrogen-bond donors (Lipinski definition) is 2. The van der Waals surface area contributed by atoms with E-state index in [1.165, 1.54) is 0 Å². The van der Waals surface area contributed by atoms with Crippen molar-refractivity contribution in [1.29, 1.82) is 0 Å². The molecule has 1 unspecified atom stereocenters. The fourth-order valence-corrected chi connectivity index (χ4v) is 2.52. The van der Waals surface area contributed by atoms with Crippen LogP contribution >= 0.6 is 0 Å². The number of aliphatic hydroxyl groups is 1. The molecule has 0 aliphatic rings. The summed E-state index contributed by atoms with van der Waals surface area (Å²) >= 11 is 0. The van der Waals surface area contributed by atoms with E-state index >= 15 is 0 Å². The lowest BCUT2D eigenvalue weighted by Gasteiger charge is -2.12. The smallest absolute Gasteiger partial charge is 0.211 e. The topological polar surface area (TPSA) is 66.4 Å². The molecule has 2 N–H and O–H groups in total. The van der Waals surface area contributed by atoms with Gasteiger partial charge in [0.1, 0.15) is 0 Å². The zero-order valence-electron chi connectivity index (χ0n) is 9.86. The van der Waals surface area contributed by atoms with E-state index in [2.05, 4.69) is 4.72 Å². The van der Waals surface area contributed by atoms with Gasteiger partial charge in [0.25, 0.3) is 0 Å². The Hall–Kier alpha value is -0.130. The second-order valence-corrected chi connectivity index (χ2v) is 6.39. The summed E-state index contributed by atoms with van der Waals surface area (Å²) in [6.45, 7) is 6.45. The van der Waals surface area contributed by atoms with E-state index in [9.17, 15) is 8.42 Å². The predicted molar refractivity (Wildman–Crippen MR) is 62.1 cm³/mol. The van der Waals surface area contributed by atoms with Gasteiger partial charge in [-0.25, -0.2) is 13.1 Å². The zero-order chi connectivity index (χ0) is 11.9. The van der Waals surface area contributed by atoms with Crippen LogP contribution < -0.4 is 4.72 Å². The average molecular weight is 237 g/mol. The van der Waals surface area contributed by atoms with Gasteiger partial charge in [0.15, 0.2) is 0 Å². The average Bonchev–Trinajstić information content (AvgIpc) is 2.13. The Morgan fingerprint density at radius 2 is 1.80 bits per heavy atom. The fourth-order valence-electron chi connectivity index (χ4n) is 1.05. The molecule has 0 aromatic heterocycles. The van der Waals surface area contributed by atoms with Gasteiger partial charge >= 0.3 is 0 Å². The van der Waals surface area contributed by atoms with Crippen molar-refractivity contribution in [3.63, 3.8) is 0 Å². The SMILES string of the molecule is CC(C)CCS(=O)(=O)NCC(C)CCO. The van der Waals surface area contributed by atoms with Crippen LogP contribution in [-0.4, -0.2) is 32.4 Å². The minimum atomic E-state index is -3.12. The summed E-state index contributed by atoms with van der Waals surface area (Å²) in [4.78, 5) is 0. The molecule has 0 aromatic rings. The van der Waals surface area contributed by atoms with Gasteiger partial charge in [0.2, 0.25) is 10.0 Å². The number of hydrogen-bond acceptors (Lipinski definition) is 3. The van der Waals surface area contributed by atoms with Crippen LogP contribution in [0.25, 0.3) is 0 Å². The summed E-state index contributed by atoms with van der Waals surface area (Å²) in [5.41, 5.74) is 0. The van der Waals surface area contributed by atoms with E-state index in [-0.39, 0.29) is 18.3 Å². The highest BCUT2D eigenvalue weighted by atomic mass is 32.2. The van der Waals surface area contributed by atoms with Gasteiger partial charge in [0, 0.05) is 13.2 Å². The lowest BCUT2D eigenvalue weighted by atomic mass is 10.1. The van der Waals surface area contributed by atoms with Gasteiger partial charge in [-0.15, -0.1) is 0 Å². The van der Waals surface area contributed by atoms with Crippen molar-refractivity contribution < 1.29 is 13.5 Å². The summed E-state index contributed by atoms with van der Waals surface area (Å²) in [7, 11) is -3.12. The Kier molecular flexibility index (Phi) is 7.13. The molecule has 0 aliphatic heterocycles. The van der Waals surface area contributed by atoms with Crippen LogP contribution in [0.1, 0.15) is 33.6 Å². The fraction of sp³-hybridized carbons (Fsp3) is 1.00. The van der Waals surface area contributed by atoms with E-state index in [1.807, 2.05) is 20.8 Å². The van der Waals surface area contributed by atoms with Crippen molar-refractivity contribution in [2.75, 3.05) is 18.9 Å². The summed E-state index contributed by atoms with van der Waals surface area (Å²) in [5.74, 6) is 0.775. The maximum atomic E-state index is 11.5. The van der Waals surface area contributed by atoms with Gasteiger partial charge in [-0.05, 0) is 24.7 Å². The van der Waals surface area contributed by atoms with E-state index in [0.29, 0.717) is 25.3 Å². The van der Waals surface area contributed by atoms with Crippen LogP contribution in [0.4, 0.5) is 0 Å². The van der Waals surface area contributed by atoms with E-state index in [0.717, 1.165) is 0 Å². The lowest BCUT2D eigenvalue weighted by Crippen LogP contribution is -2.31. The van der Waals surface area contributed by atoms with Gasteiger partial charge in [0.05, 0.1) is 5.75 Å². The summed E-state index contributed by atoms with van der Waals surface area (Å²) in [6, 6.07) is 0. The molecule has 0 bridgehead atoms. The normalized spacial score (nSPS) is 14.5. The monoisotopic (exact) mass is 237 g/mol. The van der Waals surface area contributed by atoms with E-state index < -0.39 is 10.0 Å². The molecule has 0 aromatic carbocycles. The third-order valence-electron chi connectivity index (χ3n) is 2.24. The van der Waals surface area contributed by atoms with Gasteiger partial charge in [-0.1, -0.05) is 20.8 Å². The maximum Gasteiger partial charge on any atom is 0.211 e. The molecule has 1 atom stereocenters. The number of nitrogens with one attached hydrogen (secondary N) is 1. The van der Waals surface area contributed by atoms with E-state index in [4.69, 9.17) is 5.11 Å². The number of rotatable bonds is 8. The van der Waals surface area contributed by atoms with Crippen LogP contribution in [-0.2, 0) is 10.0 Å². The molecule has 0 saturated carbocycles. The molecule has 0 amide bonds. The highest BCUT2D eigenvalue weighted by Crippen LogP contribution is 2.03. The molecular weight excluding hydrogens is 214 g/mol. The predicted octanol–water partition coefficient (Wildman–Crippen LogP) is 0.970. The summed E-state index contributed by atoms with van der Waals surface area (Å²) < 4.78 is 25.5. The lowest BCUT2D eigenvalue weighted by molar-refractivity contribution is 0.263. The number of aliphatic hydroxyl groups excluding tert-OH is 1. The molecule has 0 heterocycles. The largest absolute Gasteiger partial charge is 0.396 e. The molecule has 4 nitrogen and oxygen atoms in total. The first kappa shape index (κ1) is 14.9. The van der Waals surface area contributed by atoms with Crippen molar-refractivity contribution in [3.8, 4) is 0 Å². The Labute approximate surface area is 93.1 Å². The van der Waals surface area contributed by atoms with E-state index in [1.54, 1.807) is 0 Å². The molecule has 0 aliphatic carbocycles. The Morgan fingerprint density at radius 1 is 1.20 bits per heavy atom. The van der Waals surface area contributed by atoms with Crippen molar-refractivity contribution in [3.05, 3.63) is 0 Å². The van der Waals surface area contributed by atoms with Gasteiger partial charge in [-0.3, -0.25) is 0 Å². The van der Waals surface area contributed by atoms with Crippen molar-refractivity contribution in [1.82, 2.24) is 4.72 Å². The molecule has 5 heteroatoms.